The molecule has 0 aromatic heterocycles. The van der Waals surface area contributed by atoms with Crippen molar-refractivity contribution >= 4 is 47.8 Å². The fraction of sp³-hybridized carbons (Fsp3) is 0.417. The average molecular weight is 426 g/mol. The van der Waals surface area contributed by atoms with E-state index in [4.69, 9.17) is 0 Å². The average Bonchev–Trinajstić information content (AvgIpc) is 3.21. The van der Waals surface area contributed by atoms with Gasteiger partial charge in [-0.3, -0.25) is 4.79 Å². The first kappa shape index (κ1) is 15.9. The van der Waals surface area contributed by atoms with E-state index >= 15 is 0 Å². The van der Waals surface area contributed by atoms with Crippen molar-refractivity contribution in [3.8, 4) is 0 Å². The van der Waals surface area contributed by atoms with E-state index in [9.17, 15) is 13.2 Å². The molecule has 1 saturated carbocycles. The van der Waals surface area contributed by atoms with Crippen LogP contribution in [0.4, 0.5) is 0 Å². The van der Waals surface area contributed by atoms with Gasteiger partial charge in [0.1, 0.15) is 0 Å². The Morgan fingerprint density at radius 3 is 2.60 bits per heavy atom. The first-order valence-corrected chi connectivity index (χ1v) is 9.19. The first-order chi connectivity index (χ1) is 9.40. The third-order valence-corrected chi connectivity index (χ3v) is 5.80. The van der Waals surface area contributed by atoms with E-state index in [0.717, 1.165) is 12.8 Å². The SMILES string of the molecule is O=C(NCCNS(=O)(=O)c1cc(Br)ccc1Br)C1CC1. The van der Waals surface area contributed by atoms with Gasteiger partial charge in [0.05, 0.1) is 4.90 Å². The molecule has 1 aromatic carbocycles. The van der Waals surface area contributed by atoms with E-state index < -0.39 is 10.0 Å². The number of sulfonamides is 1. The van der Waals surface area contributed by atoms with Crippen molar-refractivity contribution in [3.63, 3.8) is 0 Å². The topological polar surface area (TPSA) is 75.3 Å². The van der Waals surface area contributed by atoms with Crippen LogP contribution in [0.25, 0.3) is 0 Å². The molecule has 0 spiro atoms. The third kappa shape index (κ3) is 4.28. The van der Waals surface area contributed by atoms with Gasteiger partial charge in [0.2, 0.25) is 15.9 Å². The van der Waals surface area contributed by atoms with E-state index in [2.05, 4.69) is 41.9 Å². The monoisotopic (exact) mass is 424 g/mol. The summed E-state index contributed by atoms with van der Waals surface area (Å²) in [5, 5.41) is 2.71. The third-order valence-electron chi connectivity index (χ3n) is 2.85. The van der Waals surface area contributed by atoms with Crippen molar-refractivity contribution in [2.24, 2.45) is 5.92 Å². The summed E-state index contributed by atoms with van der Waals surface area (Å²) in [6.07, 6.45) is 1.87. The molecule has 110 valence electrons. The molecule has 5 nitrogen and oxygen atoms in total. The van der Waals surface area contributed by atoms with Crippen LogP contribution in [-0.2, 0) is 14.8 Å². The first-order valence-electron chi connectivity index (χ1n) is 6.12. The van der Waals surface area contributed by atoms with Gasteiger partial charge in [-0.2, -0.15) is 0 Å². The van der Waals surface area contributed by atoms with Gasteiger partial charge in [-0.25, -0.2) is 13.1 Å². The van der Waals surface area contributed by atoms with Gasteiger partial charge in [-0.15, -0.1) is 0 Å². The second-order valence-corrected chi connectivity index (χ2v) is 8.04. The van der Waals surface area contributed by atoms with Crippen molar-refractivity contribution in [1.82, 2.24) is 10.0 Å². The Balaban J connectivity index is 1.90. The van der Waals surface area contributed by atoms with E-state index in [-0.39, 0.29) is 23.3 Å². The van der Waals surface area contributed by atoms with Crippen molar-refractivity contribution < 1.29 is 13.2 Å². The summed E-state index contributed by atoms with van der Waals surface area (Å²) in [6.45, 7) is 0.458. The Morgan fingerprint density at radius 2 is 1.95 bits per heavy atom. The molecule has 1 aliphatic carbocycles. The summed E-state index contributed by atoms with van der Waals surface area (Å²) >= 11 is 6.46. The molecule has 8 heteroatoms. The second-order valence-electron chi connectivity index (χ2n) is 4.54. The van der Waals surface area contributed by atoms with Crippen LogP contribution >= 0.6 is 31.9 Å². The van der Waals surface area contributed by atoms with Crippen LogP contribution < -0.4 is 10.0 Å². The largest absolute Gasteiger partial charge is 0.355 e. The lowest BCUT2D eigenvalue weighted by molar-refractivity contribution is -0.122. The maximum Gasteiger partial charge on any atom is 0.241 e. The molecule has 0 saturated heterocycles. The zero-order chi connectivity index (χ0) is 14.8. The number of hydrogen-bond acceptors (Lipinski definition) is 3. The number of halogens is 2. The molecule has 2 N–H and O–H groups in total. The van der Waals surface area contributed by atoms with Crippen LogP contribution in [0.5, 0.6) is 0 Å². The molecule has 0 unspecified atom stereocenters. The molecule has 0 aliphatic heterocycles. The minimum atomic E-state index is -3.59. The summed E-state index contributed by atoms with van der Waals surface area (Å²) in [7, 11) is -3.59. The van der Waals surface area contributed by atoms with E-state index in [1.165, 1.54) is 6.07 Å². The van der Waals surface area contributed by atoms with Crippen LogP contribution in [-0.4, -0.2) is 27.4 Å². The summed E-state index contributed by atoms with van der Waals surface area (Å²) in [4.78, 5) is 11.6. The lowest BCUT2D eigenvalue weighted by Gasteiger charge is -2.09. The highest BCUT2D eigenvalue weighted by Gasteiger charge is 2.29. The molecule has 2 rings (SSSR count). The highest BCUT2D eigenvalue weighted by atomic mass is 79.9. The van der Waals surface area contributed by atoms with Crippen LogP contribution in [0.1, 0.15) is 12.8 Å². The number of carbonyl (C=O) groups excluding carboxylic acids is 1. The molecule has 1 fully saturated rings. The van der Waals surface area contributed by atoms with Crippen LogP contribution in [0.3, 0.4) is 0 Å². The normalized spacial score (nSPS) is 15.1. The molecule has 20 heavy (non-hydrogen) atoms. The highest BCUT2D eigenvalue weighted by Crippen LogP contribution is 2.28. The summed E-state index contributed by atoms with van der Waals surface area (Å²) in [6, 6.07) is 4.93. The standard InChI is InChI=1S/C12H14Br2N2O3S/c13-9-3-4-10(14)11(7-9)20(18,19)16-6-5-15-12(17)8-1-2-8/h3-4,7-8,16H,1-2,5-6H2,(H,15,17). The lowest BCUT2D eigenvalue weighted by atomic mass is 10.4. The molecule has 0 atom stereocenters. The maximum absolute atomic E-state index is 12.1. The zero-order valence-corrected chi connectivity index (χ0v) is 14.5. The Labute approximate surface area is 134 Å². The van der Waals surface area contributed by atoms with Gasteiger partial charge in [0.15, 0.2) is 0 Å². The van der Waals surface area contributed by atoms with Gasteiger partial charge in [0.25, 0.3) is 0 Å². The van der Waals surface area contributed by atoms with Crippen molar-refractivity contribution in [1.29, 1.82) is 0 Å². The number of amides is 1. The molecule has 1 aromatic rings. The highest BCUT2D eigenvalue weighted by molar-refractivity contribution is 9.11. The number of hydrogen-bond donors (Lipinski definition) is 2. The number of nitrogens with one attached hydrogen (secondary N) is 2. The minimum absolute atomic E-state index is 0.00725. The number of carbonyl (C=O) groups is 1. The quantitative estimate of drug-likeness (QED) is 0.684. The van der Waals surface area contributed by atoms with Crippen molar-refractivity contribution in [2.45, 2.75) is 17.7 Å². The lowest BCUT2D eigenvalue weighted by Crippen LogP contribution is -2.35. The van der Waals surface area contributed by atoms with Crippen LogP contribution in [0.2, 0.25) is 0 Å². The van der Waals surface area contributed by atoms with E-state index in [1.54, 1.807) is 12.1 Å². The smallest absolute Gasteiger partial charge is 0.241 e. The van der Waals surface area contributed by atoms with Gasteiger partial charge in [0, 0.05) is 28.0 Å². The second kappa shape index (κ2) is 6.55. The number of benzene rings is 1. The van der Waals surface area contributed by atoms with E-state index in [0.29, 0.717) is 15.5 Å². The molecule has 1 aliphatic rings. The van der Waals surface area contributed by atoms with E-state index in [1.807, 2.05) is 0 Å². The predicted molar refractivity (Wildman–Crippen MR) is 82.8 cm³/mol. The molecule has 0 radical (unpaired) electrons. The van der Waals surface area contributed by atoms with Crippen LogP contribution in [0.15, 0.2) is 32.0 Å². The molecular formula is C12H14Br2N2O3S. The minimum Gasteiger partial charge on any atom is -0.355 e. The zero-order valence-electron chi connectivity index (χ0n) is 10.5. The Morgan fingerprint density at radius 1 is 1.25 bits per heavy atom. The van der Waals surface area contributed by atoms with Gasteiger partial charge in [-0.1, -0.05) is 15.9 Å². The Kier molecular flexibility index (Phi) is 5.22. The predicted octanol–water partition coefficient (Wildman–Crippen LogP) is 2.02. The summed E-state index contributed by atoms with van der Waals surface area (Å²) in [5.74, 6) is 0.138. The Bertz CT molecular complexity index is 615. The molecule has 0 bridgehead atoms. The molecule has 1 amide bonds. The van der Waals surface area contributed by atoms with Gasteiger partial charge < -0.3 is 5.32 Å². The summed E-state index contributed by atoms with van der Waals surface area (Å²) in [5.41, 5.74) is 0. The van der Waals surface area contributed by atoms with Crippen molar-refractivity contribution in [2.75, 3.05) is 13.1 Å². The van der Waals surface area contributed by atoms with Gasteiger partial charge >= 0.3 is 0 Å². The van der Waals surface area contributed by atoms with Gasteiger partial charge in [-0.05, 0) is 47.0 Å². The fourth-order valence-corrected chi connectivity index (χ4v) is 4.15. The number of rotatable bonds is 6. The van der Waals surface area contributed by atoms with Crippen molar-refractivity contribution in [3.05, 3.63) is 27.1 Å². The molecule has 0 heterocycles. The summed E-state index contributed by atoms with van der Waals surface area (Å²) < 4.78 is 27.9. The fourth-order valence-electron chi connectivity index (χ4n) is 1.62. The Hall–Kier alpha value is -0.440. The molecular weight excluding hydrogens is 412 g/mol. The maximum atomic E-state index is 12.1. The van der Waals surface area contributed by atoms with Crippen LogP contribution in [0, 0.1) is 5.92 Å².